The van der Waals surface area contributed by atoms with Crippen molar-refractivity contribution < 1.29 is 34.2 Å². The predicted octanol–water partition coefficient (Wildman–Crippen LogP) is 1.29. The third-order valence-corrected chi connectivity index (χ3v) is 8.03. The Balaban J connectivity index is 1.54. The van der Waals surface area contributed by atoms with Crippen molar-refractivity contribution in [2.75, 3.05) is 6.54 Å². The molecule has 14 nitrogen and oxygen atoms in total. The van der Waals surface area contributed by atoms with Gasteiger partial charge in [-0.05, 0) is 55.5 Å². The Morgan fingerprint density at radius 1 is 0.681 bits per heavy atom. The Kier molecular flexibility index (Phi) is 12.1. The number of carboxylic acid groups (broad SMARTS) is 2. The summed E-state index contributed by atoms with van der Waals surface area (Å²) in [5.41, 5.74) is 14.7. The second kappa shape index (κ2) is 16.4. The third-order valence-electron chi connectivity index (χ3n) is 8.03. The topological polar surface area (TPSA) is 246 Å². The summed E-state index contributed by atoms with van der Waals surface area (Å²) in [6.07, 6.45) is 4.17. The Labute approximate surface area is 270 Å². The lowest BCUT2D eigenvalue weighted by Crippen LogP contribution is -2.57. The van der Waals surface area contributed by atoms with Gasteiger partial charge in [0, 0.05) is 53.5 Å². The van der Waals surface area contributed by atoms with Crippen LogP contribution in [0, 0.1) is 0 Å². The van der Waals surface area contributed by atoms with Crippen LogP contribution in [0.2, 0.25) is 0 Å². The normalized spacial score (nSPS) is 13.8. The maximum absolute atomic E-state index is 13.8. The lowest BCUT2D eigenvalue weighted by Gasteiger charge is -2.25. The number of carbonyl (C=O) groups is 5. The zero-order valence-electron chi connectivity index (χ0n) is 25.8. The number of amides is 3. The molecule has 0 aliphatic heterocycles. The van der Waals surface area contributed by atoms with E-state index < -0.39 is 53.8 Å². The van der Waals surface area contributed by atoms with E-state index in [2.05, 4.69) is 25.9 Å². The minimum Gasteiger partial charge on any atom is -0.481 e. The van der Waals surface area contributed by atoms with Gasteiger partial charge in [0.05, 0.1) is 6.04 Å². The molecule has 47 heavy (non-hydrogen) atoms. The predicted molar refractivity (Wildman–Crippen MR) is 175 cm³/mol. The minimum atomic E-state index is -1.29. The molecule has 14 heteroatoms. The van der Waals surface area contributed by atoms with Gasteiger partial charge in [-0.25, -0.2) is 4.79 Å². The van der Waals surface area contributed by atoms with Crippen LogP contribution in [0.25, 0.3) is 21.8 Å². The molecular weight excluding hydrogens is 606 g/mol. The number of hydrogen-bond donors (Lipinski definition) is 9. The highest BCUT2D eigenvalue weighted by Crippen LogP contribution is 2.21. The van der Waals surface area contributed by atoms with Crippen molar-refractivity contribution in [2.45, 2.75) is 69.1 Å². The molecule has 0 saturated carbocycles. The number of fused-ring (bicyclic) bond motifs is 2. The number of unbranched alkanes of at least 4 members (excludes halogenated alkanes) is 1. The van der Waals surface area contributed by atoms with Crippen molar-refractivity contribution >= 4 is 51.5 Å². The fourth-order valence-electron chi connectivity index (χ4n) is 5.45. The molecule has 11 N–H and O–H groups in total. The second-order valence-electron chi connectivity index (χ2n) is 11.5. The van der Waals surface area contributed by atoms with Gasteiger partial charge >= 0.3 is 11.9 Å². The van der Waals surface area contributed by atoms with Gasteiger partial charge in [-0.15, -0.1) is 0 Å². The van der Waals surface area contributed by atoms with Crippen LogP contribution in [0.1, 0.15) is 43.2 Å². The van der Waals surface area contributed by atoms with E-state index in [-0.39, 0.29) is 32.1 Å². The molecule has 0 fully saturated rings. The summed E-state index contributed by atoms with van der Waals surface area (Å²) in [5.74, 6) is -4.46. The van der Waals surface area contributed by atoms with Crippen molar-refractivity contribution in [3.05, 3.63) is 72.1 Å². The van der Waals surface area contributed by atoms with Gasteiger partial charge in [0.25, 0.3) is 0 Å². The number of carboxylic acids is 2. The molecule has 4 aromatic rings. The smallest absolute Gasteiger partial charge is 0.326 e. The van der Waals surface area contributed by atoms with Crippen molar-refractivity contribution in [1.29, 1.82) is 0 Å². The van der Waals surface area contributed by atoms with Crippen LogP contribution in [-0.2, 0) is 36.8 Å². The number of para-hydroxylation sites is 2. The highest BCUT2D eigenvalue weighted by molar-refractivity contribution is 5.95. The van der Waals surface area contributed by atoms with Crippen LogP contribution in [0.3, 0.4) is 0 Å². The van der Waals surface area contributed by atoms with Crippen LogP contribution in [0.15, 0.2) is 60.9 Å². The third kappa shape index (κ3) is 9.40. The Hall–Kier alpha value is -5.21. The highest BCUT2D eigenvalue weighted by atomic mass is 16.4. The van der Waals surface area contributed by atoms with Gasteiger partial charge in [0.2, 0.25) is 17.7 Å². The summed E-state index contributed by atoms with van der Waals surface area (Å²) in [7, 11) is 0. The number of benzene rings is 2. The molecular formula is C33H41N7O7. The molecule has 4 rings (SSSR count). The van der Waals surface area contributed by atoms with Crippen LogP contribution < -0.4 is 27.4 Å². The summed E-state index contributed by atoms with van der Waals surface area (Å²) in [6, 6.07) is 10.0. The van der Waals surface area contributed by atoms with Crippen LogP contribution in [-0.4, -0.2) is 80.6 Å². The summed E-state index contributed by atoms with van der Waals surface area (Å²) >= 11 is 0. The summed E-state index contributed by atoms with van der Waals surface area (Å²) in [6.45, 7) is 0.355. The highest BCUT2D eigenvalue weighted by Gasteiger charge is 2.31. The maximum atomic E-state index is 13.8. The molecule has 250 valence electrons. The van der Waals surface area contributed by atoms with Crippen LogP contribution in [0.5, 0.6) is 0 Å². The first-order valence-electron chi connectivity index (χ1n) is 15.5. The van der Waals surface area contributed by atoms with Crippen molar-refractivity contribution in [1.82, 2.24) is 25.9 Å². The molecule has 0 spiro atoms. The van der Waals surface area contributed by atoms with Gasteiger partial charge in [-0.2, -0.15) is 0 Å². The number of aliphatic carboxylic acids is 2. The van der Waals surface area contributed by atoms with E-state index in [1.807, 2.05) is 48.5 Å². The Morgan fingerprint density at radius 3 is 1.74 bits per heavy atom. The van der Waals surface area contributed by atoms with Gasteiger partial charge in [-0.1, -0.05) is 36.4 Å². The number of rotatable bonds is 18. The number of nitrogens with one attached hydrogen (secondary N) is 5. The van der Waals surface area contributed by atoms with Crippen LogP contribution >= 0.6 is 0 Å². The number of aromatic amines is 2. The minimum absolute atomic E-state index is 0.00201. The van der Waals surface area contributed by atoms with Gasteiger partial charge in [0.15, 0.2) is 0 Å². The van der Waals surface area contributed by atoms with E-state index >= 15 is 0 Å². The molecule has 0 radical (unpaired) electrons. The monoisotopic (exact) mass is 647 g/mol. The van der Waals surface area contributed by atoms with Crippen molar-refractivity contribution in [3.8, 4) is 0 Å². The van der Waals surface area contributed by atoms with E-state index in [1.54, 1.807) is 12.4 Å². The van der Waals surface area contributed by atoms with Gasteiger partial charge in [-0.3, -0.25) is 19.2 Å². The first-order valence-corrected chi connectivity index (χ1v) is 15.5. The maximum Gasteiger partial charge on any atom is 0.326 e. The standard InChI is InChI=1S/C33H41N7O7/c34-14-6-5-11-26(31(44)40-28(33(46)47)16-20-18-37-25-10-4-2-8-22(20)25)38-32(45)27(39-30(43)23(35)12-13-29(41)42)15-19-17-36-24-9-3-1-7-21(19)24/h1-4,7-10,17-18,23,26-28,36-37H,5-6,11-16,34-35H2,(H,38,45)(H,39,43)(H,40,44)(H,41,42)(H,46,47). The van der Waals surface area contributed by atoms with Gasteiger partial charge in [0.1, 0.15) is 18.1 Å². The van der Waals surface area contributed by atoms with E-state index in [4.69, 9.17) is 16.6 Å². The lowest BCUT2D eigenvalue weighted by atomic mass is 10.0. The Morgan fingerprint density at radius 2 is 1.19 bits per heavy atom. The second-order valence-corrected chi connectivity index (χ2v) is 11.5. The molecule has 0 aliphatic rings. The van der Waals surface area contributed by atoms with Gasteiger partial charge < -0.3 is 47.6 Å². The fraction of sp³-hybridized carbons (Fsp3) is 0.364. The molecule has 2 aromatic heterocycles. The number of hydrogen-bond acceptors (Lipinski definition) is 7. The number of aromatic nitrogens is 2. The van der Waals surface area contributed by atoms with E-state index in [0.29, 0.717) is 30.5 Å². The van der Waals surface area contributed by atoms with Crippen molar-refractivity contribution in [2.24, 2.45) is 11.5 Å². The Bertz CT molecular complexity index is 1720. The molecule has 4 unspecified atom stereocenters. The first kappa shape index (κ1) is 34.7. The first-order chi connectivity index (χ1) is 22.6. The van der Waals surface area contributed by atoms with E-state index in [1.165, 1.54) is 0 Å². The van der Waals surface area contributed by atoms with Crippen LogP contribution in [0.4, 0.5) is 0 Å². The van der Waals surface area contributed by atoms with E-state index in [0.717, 1.165) is 21.8 Å². The molecule has 3 amide bonds. The average Bonchev–Trinajstić information content (AvgIpc) is 3.66. The quantitative estimate of drug-likeness (QED) is 0.0705. The average molecular weight is 648 g/mol. The molecule has 0 aliphatic carbocycles. The molecule has 4 atom stereocenters. The summed E-state index contributed by atoms with van der Waals surface area (Å²) in [4.78, 5) is 69.8. The van der Waals surface area contributed by atoms with Crippen molar-refractivity contribution in [3.63, 3.8) is 0 Å². The number of H-pyrrole nitrogens is 2. The zero-order chi connectivity index (χ0) is 33.9. The lowest BCUT2D eigenvalue weighted by molar-refractivity contribution is -0.142. The van der Waals surface area contributed by atoms with E-state index in [9.17, 15) is 29.1 Å². The molecule has 0 saturated heterocycles. The fourth-order valence-corrected chi connectivity index (χ4v) is 5.45. The molecule has 2 aromatic carbocycles. The SMILES string of the molecule is NCCCCC(NC(=O)C(Cc1c[nH]c2ccccc12)NC(=O)C(N)CCC(=O)O)C(=O)NC(Cc1c[nH]c2ccccc12)C(=O)O. The zero-order valence-corrected chi connectivity index (χ0v) is 25.8. The molecule has 2 heterocycles. The molecule has 0 bridgehead atoms. The summed E-state index contributed by atoms with van der Waals surface area (Å²) in [5, 5.41) is 28.6. The summed E-state index contributed by atoms with van der Waals surface area (Å²) < 4.78 is 0. The number of nitrogens with two attached hydrogens (primary N) is 2. The number of carbonyl (C=O) groups excluding carboxylic acids is 3. The largest absolute Gasteiger partial charge is 0.481 e.